The van der Waals surface area contributed by atoms with Crippen molar-refractivity contribution >= 4 is 11.8 Å². The van der Waals surface area contributed by atoms with Crippen molar-refractivity contribution in [1.29, 1.82) is 0 Å². The van der Waals surface area contributed by atoms with Crippen molar-refractivity contribution in [2.75, 3.05) is 6.26 Å². The highest BCUT2D eigenvalue weighted by molar-refractivity contribution is 7.98. The van der Waals surface area contributed by atoms with Gasteiger partial charge in [-0.05, 0) is 49.6 Å². The Bertz CT molecular complexity index is 333. The lowest BCUT2D eigenvalue weighted by Crippen LogP contribution is -2.02. The van der Waals surface area contributed by atoms with Gasteiger partial charge in [0.15, 0.2) is 0 Å². The molecule has 16 heavy (non-hydrogen) atoms. The molecule has 0 bridgehead atoms. The van der Waals surface area contributed by atoms with Gasteiger partial charge in [-0.25, -0.2) is 0 Å². The number of hydrogen-bond acceptors (Lipinski definition) is 2. The van der Waals surface area contributed by atoms with E-state index in [2.05, 4.69) is 44.4 Å². The molecule has 1 saturated heterocycles. The van der Waals surface area contributed by atoms with Crippen molar-refractivity contribution in [2.24, 2.45) is 0 Å². The molecule has 0 aliphatic carbocycles. The van der Waals surface area contributed by atoms with Gasteiger partial charge in [0, 0.05) is 4.90 Å². The van der Waals surface area contributed by atoms with E-state index in [1.54, 1.807) is 11.8 Å². The Morgan fingerprint density at radius 3 is 2.38 bits per heavy atom. The van der Waals surface area contributed by atoms with Crippen molar-refractivity contribution in [3.05, 3.63) is 29.8 Å². The first-order valence-electron chi connectivity index (χ1n) is 6.04. The SMILES string of the molecule is CCC(CC1OC1C)c1ccc(SC)cc1. The lowest BCUT2D eigenvalue weighted by molar-refractivity contribution is 0.357. The minimum atomic E-state index is 0.486. The first-order valence-corrected chi connectivity index (χ1v) is 7.26. The molecule has 3 unspecified atom stereocenters. The van der Waals surface area contributed by atoms with E-state index in [1.165, 1.54) is 23.3 Å². The molecular weight excluding hydrogens is 216 g/mol. The van der Waals surface area contributed by atoms with E-state index in [0.717, 1.165) is 0 Å². The Morgan fingerprint density at radius 1 is 1.31 bits per heavy atom. The van der Waals surface area contributed by atoms with E-state index in [4.69, 9.17) is 4.74 Å². The van der Waals surface area contributed by atoms with Crippen molar-refractivity contribution in [3.63, 3.8) is 0 Å². The number of rotatable bonds is 5. The molecule has 0 radical (unpaired) electrons. The van der Waals surface area contributed by atoms with Crippen LogP contribution in [0.4, 0.5) is 0 Å². The average molecular weight is 236 g/mol. The molecule has 0 aromatic heterocycles. The summed E-state index contributed by atoms with van der Waals surface area (Å²) in [6.07, 6.45) is 5.48. The summed E-state index contributed by atoms with van der Waals surface area (Å²) in [6.45, 7) is 4.43. The van der Waals surface area contributed by atoms with Crippen LogP contribution < -0.4 is 0 Å². The van der Waals surface area contributed by atoms with Crippen molar-refractivity contribution in [2.45, 2.75) is 49.7 Å². The highest BCUT2D eigenvalue weighted by atomic mass is 32.2. The lowest BCUT2D eigenvalue weighted by atomic mass is 9.91. The molecule has 1 aromatic carbocycles. The zero-order chi connectivity index (χ0) is 11.5. The van der Waals surface area contributed by atoms with Gasteiger partial charge in [0.1, 0.15) is 0 Å². The van der Waals surface area contributed by atoms with Gasteiger partial charge in [-0.2, -0.15) is 0 Å². The molecule has 0 saturated carbocycles. The van der Waals surface area contributed by atoms with Gasteiger partial charge in [0.05, 0.1) is 12.2 Å². The van der Waals surface area contributed by atoms with E-state index < -0.39 is 0 Å². The van der Waals surface area contributed by atoms with Crippen LogP contribution in [0.1, 0.15) is 38.2 Å². The molecule has 0 spiro atoms. The fourth-order valence-electron chi connectivity index (χ4n) is 2.17. The summed E-state index contributed by atoms with van der Waals surface area (Å²) >= 11 is 1.80. The van der Waals surface area contributed by atoms with E-state index >= 15 is 0 Å². The normalized spacial score (nSPS) is 25.4. The Hall–Kier alpha value is -0.470. The van der Waals surface area contributed by atoms with Crippen molar-refractivity contribution in [1.82, 2.24) is 0 Å². The van der Waals surface area contributed by atoms with Crippen LogP contribution >= 0.6 is 11.8 Å². The molecule has 2 rings (SSSR count). The molecule has 0 N–H and O–H groups in total. The molecule has 1 heterocycles. The predicted molar refractivity (Wildman–Crippen MR) is 70.2 cm³/mol. The molecule has 1 aliphatic rings. The van der Waals surface area contributed by atoms with Gasteiger partial charge in [-0.3, -0.25) is 0 Å². The predicted octanol–water partition coefficient (Wildman–Crippen LogP) is 4.08. The molecule has 88 valence electrons. The van der Waals surface area contributed by atoms with Crippen LogP contribution in [0.25, 0.3) is 0 Å². The molecule has 1 fully saturated rings. The van der Waals surface area contributed by atoms with Crippen LogP contribution in [0.15, 0.2) is 29.2 Å². The number of hydrogen-bond donors (Lipinski definition) is 0. The van der Waals surface area contributed by atoms with Gasteiger partial charge < -0.3 is 4.74 Å². The zero-order valence-corrected chi connectivity index (χ0v) is 11.1. The molecule has 1 aromatic rings. The summed E-state index contributed by atoms with van der Waals surface area (Å²) < 4.78 is 5.51. The third-order valence-corrected chi connectivity index (χ3v) is 4.18. The highest BCUT2D eigenvalue weighted by Gasteiger charge is 2.35. The maximum Gasteiger partial charge on any atom is 0.0844 e. The first kappa shape index (κ1) is 12.0. The van der Waals surface area contributed by atoms with E-state index in [1.807, 2.05) is 0 Å². The lowest BCUT2D eigenvalue weighted by Gasteiger charge is -2.14. The standard InChI is InChI=1S/C14H20OS/c1-4-11(9-14-10(2)15-14)12-5-7-13(16-3)8-6-12/h5-8,10-11,14H,4,9H2,1-3H3. The van der Waals surface area contributed by atoms with E-state index in [0.29, 0.717) is 18.1 Å². The summed E-state index contributed by atoms with van der Waals surface area (Å²) in [7, 11) is 0. The fraction of sp³-hybridized carbons (Fsp3) is 0.571. The summed E-state index contributed by atoms with van der Waals surface area (Å²) in [5.74, 6) is 0.658. The average Bonchev–Trinajstić information content (AvgIpc) is 3.02. The molecule has 0 amide bonds. The van der Waals surface area contributed by atoms with Crippen LogP contribution in [-0.2, 0) is 4.74 Å². The highest BCUT2D eigenvalue weighted by Crippen LogP contribution is 2.34. The van der Waals surface area contributed by atoms with Gasteiger partial charge in [-0.1, -0.05) is 19.1 Å². The Labute approximate surface area is 103 Å². The van der Waals surface area contributed by atoms with Gasteiger partial charge in [0.2, 0.25) is 0 Å². The van der Waals surface area contributed by atoms with Gasteiger partial charge >= 0.3 is 0 Å². The topological polar surface area (TPSA) is 12.5 Å². The number of epoxide rings is 1. The third-order valence-electron chi connectivity index (χ3n) is 3.43. The summed E-state index contributed by atoms with van der Waals surface area (Å²) in [6, 6.07) is 8.99. The minimum Gasteiger partial charge on any atom is -0.370 e. The van der Waals surface area contributed by atoms with Crippen LogP contribution in [0, 0.1) is 0 Å². The van der Waals surface area contributed by atoms with Crippen LogP contribution in [0.5, 0.6) is 0 Å². The van der Waals surface area contributed by atoms with Crippen molar-refractivity contribution in [3.8, 4) is 0 Å². The van der Waals surface area contributed by atoms with Crippen LogP contribution in [0.2, 0.25) is 0 Å². The summed E-state index contributed by atoms with van der Waals surface area (Å²) in [5, 5.41) is 0. The van der Waals surface area contributed by atoms with Crippen LogP contribution in [-0.4, -0.2) is 18.5 Å². The zero-order valence-electron chi connectivity index (χ0n) is 10.3. The van der Waals surface area contributed by atoms with Crippen molar-refractivity contribution < 1.29 is 4.74 Å². The smallest absolute Gasteiger partial charge is 0.0844 e. The maximum atomic E-state index is 5.51. The summed E-state index contributed by atoms with van der Waals surface area (Å²) in [4.78, 5) is 1.34. The largest absolute Gasteiger partial charge is 0.370 e. The second kappa shape index (κ2) is 5.24. The molecule has 1 aliphatic heterocycles. The summed E-state index contributed by atoms with van der Waals surface area (Å²) in [5.41, 5.74) is 1.46. The maximum absolute atomic E-state index is 5.51. The molecule has 3 atom stereocenters. The van der Waals surface area contributed by atoms with Gasteiger partial charge in [0.25, 0.3) is 0 Å². The monoisotopic (exact) mass is 236 g/mol. The Kier molecular flexibility index (Phi) is 3.93. The quantitative estimate of drug-likeness (QED) is 0.564. The second-order valence-corrected chi connectivity index (χ2v) is 5.37. The minimum absolute atomic E-state index is 0.486. The first-order chi connectivity index (χ1) is 7.74. The second-order valence-electron chi connectivity index (χ2n) is 4.49. The van der Waals surface area contributed by atoms with Gasteiger partial charge in [-0.15, -0.1) is 11.8 Å². The number of thioether (sulfide) groups is 1. The third kappa shape index (κ3) is 2.80. The van der Waals surface area contributed by atoms with Crippen LogP contribution in [0.3, 0.4) is 0 Å². The molecule has 1 nitrogen and oxygen atoms in total. The number of benzene rings is 1. The Balaban J connectivity index is 2.01. The number of ether oxygens (including phenoxy) is 1. The molecule has 2 heteroatoms. The van der Waals surface area contributed by atoms with E-state index in [-0.39, 0.29) is 0 Å². The molecular formula is C14H20OS. The fourth-order valence-corrected chi connectivity index (χ4v) is 2.58. The Morgan fingerprint density at radius 2 is 1.94 bits per heavy atom. The van der Waals surface area contributed by atoms with E-state index in [9.17, 15) is 0 Å².